The van der Waals surface area contributed by atoms with Crippen LogP contribution in [0.2, 0.25) is 0 Å². The molecular formula is C21H29ClNO3-. The minimum absolute atomic E-state index is 0. The zero-order valence-electron chi connectivity index (χ0n) is 15.9. The molecule has 0 spiro atoms. The van der Waals surface area contributed by atoms with Crippen LogP contribution in [0.5, 0.6) is 11.5 Å². The molecule has 0 aliphatic rings. The maximum absolute atomic E-state index is 5.96. The molecule has 0 saturated heterocycles. The second kappa shape index (κ2) is 12.6. The number of benzene rings is 2. The number of hydrogen-bond acceptors (Lipinski definition) is 4. The van der Waals surface area contributed by atoms with Crippen LogP contribution in [0.1, 0.15) is 30.0 Å². The molecule has 4 nitrogen and oxygen atoms in total. The van der Waals surface area contributed by atoms with Crippen molar-refractivity contribution in [3.05, 3.63) is 59.2 Å². The molecule has 5 heteroatoms. The number of halogens is 1. The predicted octanol–water partition coefficient (Wildman–Crippen LogP) is 1.10. The van der Waals surface area contributed by atoms with Gasteiger partial charge in [0.2, 0.25) is 0 Å². The lowest BCUT2D eigenvalue weighted by atomic mass is 10.1. The van der Waals surface area contributed by atoms with E-state index in [4.69, 9.17) is 14.2 Å². The van der Waals surface area contributed by atoms with Gasteiger partial charge in [0.25, 0.3) is 0 Å². The third-order valence-electron chi connectivity index (χ3n) is 4.05. The number of hydrogen-bond donors (Lipinski definition) is 1. The fourth-order valence-corrected chi connectivity index (χ4v) is 2.55. The van der Waals surface area contributed by atoms with Crippen molar-refractivity contribution in [3.8, 4) is 11.5 Å². The van der Waals surface area contributed by atoms with E-state index in [1.165, 1.54) is 16.7 Å². The Morgan fingerprint density at radius 1 is 1.04 bits per heavy atom. The summed E-state index contributed by atoms with van der Waals surface area (Å²) >= 11 is 0. The first-order valence-electron chi connectivity index (χ1n) is 8.87. The summed E-state index contributed by atoms with van der Waals surface area (Å²) in [5, 5.41) is 3.42. The minimum Gasteiger partial charge on any atom is -1.00 e. The van der Waals surface area contributed by atoms with Gasteiger partial charge in [0.05, 0.1) is 7.11 Å². The van der Waals surface area contributed by atoms with Gasteiger partial charge in [-0.25, -0.2) is 0 Å². The van der Waals surface area contributed by atoms with Gasteiger partial charge in [0.15, 0.2) is 11.5 Å². The van der Waals surface area contributed by atoms with Gasteiger partial charge in [-0.3, -0.25) is 0 Å². The molecule has 0 radical (unpaired) electrons. The van der Waals surface area contributed by atoms with Crippen molar-refractivity contribution in [3.63, 3.8) is 0 Å². The van der Waals surface area contributed by atoms with Crippen LogP contribution in [0.4, 0.5) is 0 Å². The lowest BCUT2D eigenvalue weighted by Gasteiger charge is -2.13. The van der Waals surface area contributed by atoms with Crippen LogP contribution in [0.3, 0.4) is 0 Å². The van der Waals surface area contributed by atoms with Gasteiger partial charge in [-0.2, -0.15) is 0 Å². The lowest BCUT2D eigenvalue weighted by molar-refractivity contribution is -0.00000671. The molecule has 0 heterocycles. The van der Waals surface area contributed by atoms with E-state index in [1.54, 1.807) is 7.11 Å². The maximum Gasteiger partial charge on any atom is 0.161 e. The van der Waals surface area contributed by atoms with E-state index < -0.39 is 0 Å². The van der Waals surface area contributed by atoms with Crippen LogP contribution in [-0.4, -0.2) is 26.9 Å². The molecule has 0 aliphatic heterocycles. The van der Waals surface area contributed by atoms with Crippen LogP contribution in [0.25, 0.3) is 0 Å². The van der Waals surface area contributed by atoms with Crippen LogP contribution in [0, 0.1) is 6.92 Å². The van der Waals surface area contributed by atoms with E-state index in [-0.39, 0.29) is 12.4 Å². The highest BCUT2D eigenvalue weighted by Crippen LogP contribution is 2.29. The average Bonchev–Trinajstić information content (AvgIpc) is 2.64. The minimum atomic E-state index is 0. The van der Waals surface area contributed by atoms with E-state index in [9.17, 15) is 0 Å². The van der Waals surface area contributed by atoms with E-state index in [2.05, 4.69) is 30.4 Å². The van der Waals surface area contributed by atoms with Gasteiger partial charge < -0.3 is 31.9 Å². The van der Waals surface area contributed by atoms with Crippen LogP contribution < -0.4 is 27.2 Å². The molecule has 0 aromatic heterocycles. The Labute approximate surface area is 163 Å². The first-order valence-corrected chi connectivity index (χ1v) is 8.87. The highest BCUT2D eigenvalue weighted by molar-refractivity contribution is 5.43. The SMILES string of the molecule is CCOCCCNCc1ccc(OCc2ccccc2C)c(OC)c1.[Cl-]. The number of ether oxygens (including phenoxy) is 3. The Morgan fingerprint density at radius 2 is 1.85 bits per heavy atom. The second-order valence-corrected chi connectivity index (χ2v) is 5.93. The lowest BCUT2D eigenvalue weighted by Crippen LogP contribution is -3.00. The Kier molecular flexibility index (Phi) is 10.8. The third-order valence-corrected chi connectivity index (χ3v) is 4.05. The average molecular weight is 379 g/mol. The summed E-state index contributed by atoms with van der Waals surface area (Å²) in [7, 11) is 1.68. The largest absolute Gasteiger partial charge is 1.00 e. The fraction of sp³-hybridized carbons (Fsp3) is 0.429. The molecule has 2 aromatic carbocycles. The molecule has 0 unspecified atom stereocenters. The van der Waals surface area contributed by atoms with E-state index >= 15 is 0 Å². The second-order valence-electron chi connectivity index (χ2n) is 5.93. The zero-order valence-corrected chi connectivity index (χ0v) is 16.6. The van der Waals surface area contributed by atoms with Gasteiger partial charge in [-0.15, -0.1) is 0 Å². The van der Waals surface area contributed by atoms with E-state index in [1.807, 2.05) is 31.2 Å². The number of methoxy groups -OCH3 is 1. The summed E-state index contributed by atoms with van der Waals surface area (Å²) in [6, 6.07) is 14.3. The molecule has 0 atom stereocenters. The van der Waals surface area contributed by atoms with Crippen molar-refractivity contribution in [2.75, 3.05) is 26.9 Å². The Hall–Kier alpha value is -1.75. The maximum atomic E-state index is 5.96. The monoisotopic (exact) mass is 378 g/mol. The smallest absolute Gasteiger partial charge is 0.161 e. The third kappa shape index (κ3) is 7.24. The van der Waals surface area contributed by atoms with Crippen molar-refractivity contribution >= 4 is 0 Å². The molecule has 0 amide bonds. The van der Waals surface area contributed by atoms with E-state index in [0.717, 1.165) is 44.2 Å². The summed E-state index contributed by atoms with van der Waals surface area (Å²) in [6.07, 6.45) is 1.02. The quantitative estimate of drug-likeness (QED) is 0.594. The normalized spacial score (nSPS) is 10.3. The van der Waals surface area contributed by atoms with Gasteiger partial charge >= 0.3 is 0 Å². The van der Waals surface area contributed by atoms with Crippen LogP contribution >= 0.6 is 0 Å². The standard InChI is InChI=1S/C21H29NO3.ClH/c1-4-24-13-7-12-22-15-18-10-11-20(21(14-18)23-3)25-16-19-9-6-5-8-17(19)2;/h5-6,8-11,14,22H,4,7,12-13,15-16H2,1-3H3;1H/p-1. The van der Waals surface area contributed by atoms with Crippen molar-refractivity contribution in [1.82, 2.24) is 5.32 Å². The molecule has 2 rings (SSSR count). The first-order chi connectivity index (χ1) is 12.2. The van der Waals surface area contributed by atoms with Gasteiger partial charge in [0.1, 0.15) is 6.61 Å². The molecule has 0 aliphatic carbocycles. The van der Waals surface area contributed by atoms with E-state index in [0.29, 0.717) is 6.61 Å². The molecular weight excluding hydrogens is 350 g/mol. The Bertz CT molecular complexity index is 649. The van der Waals surface area contributed by atoms with Crippen LogP contribution in [0.15, 0.2) is 42.5 Å². The molecule has 1 N–H and O–H groups in total. The van der Waals surface area contributed by atoms with Gasteiger partial charge in [0, 0.05) is 19.8 Å². The Morgan fingerprint density at radius 3 is 2.58 bits per heavy atom. The molecule has 0 fully saturated rings. The topological polar surface area (TPSA) is 39.7 Å². The highest BCUT2D eigenvalue weighted by atomic mass is 35.5. The summed E-state index contributed by atoms with van der Waals surface area (Å²) in [5.41, 5.74) is 3.59. The summed E-state index contributed by atoms with van der Waals surface area (Å²) in [6.45, 7) is 7.98. The molecule has 144 valence electrons. The number of nitrogens with one attached hydrogen (secondary N) is 1. The highest BCUT2D eigenvalue weighted by Gasteiger charge is 2.07. The first kappa shape index (κ1) is 22.3. The van der Waals surface area contributed by atoms with Crippen molar-refractivity contribution in [2.45, 2.75) is 33.4 Å². The van der Waals surface area contributed by atoms with Gasteiger partial charge in [-0.05, 0) is 55.6 Å². The van der Waals surface area contributed by atoms with Gasteiger partial charge in [-0.1, -0.05) is 30.3 Å². The van der Waals surface area contributed by atoms with Crippen molar-refractivity contribution < 1.29 is 26.6 Å². The van der Waals surface area contributed by atoms with Crippen molar-refractivity contribution in [1.29, 1.82) is 0 Å². The summed E-state index contributed by atoms with van der Waals surface area (Å²) in [5.74, 6) is 1.54. The molecule has 2 aromatic rings. The fourth-order valence-electron chi connectivity index (χ4n) is 2.55. The van der Waals surface area contributed by atoms with Crippen molar-refractivity contribution in [2.24, 2.45) is 0 Å². The Balaban J connectivity index is 0.00000338. The molecule has 26 heavy (non-hydrogen) atoms. The summed E-state index contributed by atoms with van der Waals surface area (Å²) < 4.78 is 16.8. The zero-order chi connectivity index (χ0) is 17.9. The predicted molar refractivity (Wildman–Crippen MR) is 101 cm³/mol. The summed E-state index contributed by atoms with van der Waals surface area (Å²) in [4.78, 5) is 0. The molecule has 0 bridgehead atoms. The molecule has 0 saturated carbocycles. The number of aryl methyl sites for hydroxylation is 1. The number of rotatable bonds is 11. The van der Waals surface area contributed by atoms with Crippen LogP contribution in [-0.2, 0) is 17.9 Å².